The molecule has 2 amide bonds. The van der Waals surface area contributed by atoms with Gasteiger partial charge in [-0.2, -0.15) is 0 Å². The van der Waals surface area contributed by atoms with Gasteiger partial charge in [0.25, 0.3) is 0 Å². The largest absolute Gasteiger partial charge is 0.480 e. The number of aliphatic carboxylic acids is 1. The van der Waals surface area contributed by atoms with Crippen LogP contribution in [0.1, 0.15) is 13.8 Å². The van der Waals surface area contributed by atoms with E-state index in [0.29, 0.717) is 11.5 Å². The van der Waals surface area contributed by atoms with Gasteiger partial charge in [-0.15, -0.1) is 0 Å². The molecule has 0 saturated carbocycles. The number of rotatable bonds is 3. The molecule has 1 rings (SSSR count). The first-order valence-electron chi connectivity index (χ1n) is 5.38. The van der Waals surface area contributed by atoms with E-state index >= 15 is 0 Å². The third kappa shape index (κ3) is 4.41. The maximum absolute atomic E-state index is 11.9. The summed E-state index contributed by atoms with van der Waals surface area (Å²) in [6, 6.07) is -0.686. The molecule has 1 heterocycles. The van der Waals surface area contributed by atoms with Crippen LogP contribution in [0, 0.1) is 5.41 Å². The maximum Gasteiger partial charge on any atom is 0.322 e. The number of hydrogen-bond donors (Lipinski definition) is 3. The fourth-order valence-corrected chi connectivity index (χ4v) is 4.00. The first kappa shape index (κ1) is 15.2. The van der Waals surface area contributed by atoms with Crippen molar-refractivity contribution in [2.45, 2.75) is 19.9 Å². The van der Waals surface area contributed by atoms with Gasteiger partial charge in [0.05, 0.1) is 5.41 Å². The van der Waals surface area contributed by atoms with Crippen LogP contribution in [0.5, 0.6) is 0 Å². The summed E-state index contributed by atoms with van der Waals surface area (Å²) in [6.07, 6.45) is 0. The second-order valence-corrected chi connectivity index (χ2v) is 7.08. The van der Waals surface area contributed by atoms with Crippen molar-refractivity contribution in [1.29, 1.82) is 0 Å². The Balaban J connectivity index is 2.61. The Morgan fingerprint density at radius 2 is 2.17 bits per heavy atom. The number of carboxylic acid groups (broad SMARTS) is 1. The highest BCUT2D eigenvalue weighted by molar-refractivity contribution is 8.76. The lowest BCUT2D eigenvalue weighted by atomic mass is 9.95. The Labute approximate surface area is 113 Å². The molecule has 0 aromatic heterocycles. The third-order valence-electron chi connectivity index (χ3n) is 2.39. The highest BCUT2D eigenvalue weighted by Gasteiger charge is 2.33. The lowest BCUT2D eigenvalue weighted by Crippen LogP contribution is -2.53. The predicted octanol–water partition coefficient (Wildman–Crippen LogP) is 0.0932. The minimum absolute atomic E-state index is 0.189. The van der Waals surface area contributed by atoms with Gasteiger partial charge in [0.15, 0.2) is 0 Å². The van der Waals surface area contributed by atoms with E-state index in [9.17, 15) is 14.4 Å². The molecule has 6 nitrogen and oxygen atoms in total. The number of nitrogens with one attached hydrogen (secondary N) is 2. The van der Waals surface area contributed by atoms with E-state index in [1.807, 2.05) is 13.8 Å². The molecule has 102 valence electrons. The van der Waals surface area contributed by atoms with Crippen LogP contribution in [0.2, 0.25) is 0 Å². The van der Waals surface area contributed by atoms with Crippen LogP contribution >= 0.6 is 21.6 Å². The smallest absolute Gasteiger partial charge is 0.322 e. The molecular weight excluding hydrogens is 276 g/mol. The van der Waals surface area contributed by atoms with Crippen molar-refractivity contribution in [2.24, 2.45) is 5.41 Å². The van der Waals surface area contributed by atoms with Crippen molar-refractivity contribution < 1.29 is 19.5 Å². The van der Waals surface area contributed by atoms with Crippen LogP contribution < -0.4 is 10.6 Å². The SMILES string of the molecule is CC1(C)CSSCC(C(=O)NCC(=O)O)NC1=O. The van der Waals surface area contributed by atoms with Gasteiger partial charge in [-0.25, -0.2) is 0 Å². The van der Waals surface area contributed by atoms with Crippen LogP contribution in [0.3, 0.4) is 0 Å². The lowest BCUT2D eigenvalue weighted by Gasteiger charge is -2.29. The molecule has 1 fully saturated rings. The summed E-state index contributed by atoms with van der Waals surface area (Å²) >= 11 is 0. The van der Waals surface area contributed by atoms with E-state index in [0.717, 1.165) is 0 Å². The average molecular weight is 292 g/mol. The lowest BCUT2D eigenvalue weighted by molar-refractivity contribution is -0.138. The van der Waals surface area contributed by atoms with Crippen LogP contribution in [0.25, 0.3) is 0 Å². The summed E-state index contributed by atoms with van der Waals surface area (Å²) in [7, 11) is 3.04. The van der Waals surface area contributed by atoms with Crippen molar-refractivity contribution in [1.82, 2.24) is 10.6 Å². The van der Waals surface area contributed by atoms with Gasteiger partial charge in [-0.3, -0.25) is 14.4 Å². The summed E-state index contributed by atoms with van der Waals surface area (Å²) in [5.41, 5.74) is -0.538. The predicted molar refractivity (Wildman–Crippen MR) is 71.3 cm³/mol. The van der Waals surface area contributed by atoms with E-state index in [-0.39, 0.29) is 5.91 Å². The first-order chi connectivity index (χ1) is 8.33. The van der Waals surface area contributed by atoms with Gasteiger partial charge >= 0.3 is 5.97 Å². The normalized spacial score (nSPS) is 23.4. The van der Waals surface area contributed by atoms with Gasteiger partial charge < -0.3 is 15.7 Å². The van der Waals surface area contributed by atoms with Gasteiger partial charge in [0, 0.05) is 11.5 Å². The minimum Gasteiger partial charge on any atom is -0.480 e. The maximum atomic E-state index is 11.9. The topological polar surface area (TPSA) is 95.5 Å². The second-order valence-electron chi connectivity index (χ2n) is 4.57. The van der Waals surface area contributed by atoms with Gasteiger partial charge in [-0.1, -0.05) is 35.4 Å². The van der Waals surface area contributed by atoms with Crippen LogP contribution in [-0.2, 0) is 14.4 Å². The zero-order chi connectivity index (χ0) is 13.8. The van der Waals surface area contributed by atoms with Gasteiger partial charge in [0.2, 0.25) is 11.8 Å². The van der Waals surface area contributed by atoms with Crippen molar-refractivity contribution in [3.05, 3.63) is 0 Å². The van der Waals surface area contributed by atoms with E-state index in [2.05, 4.69) is 10.6 Å². The molecule has 0 radical (unpaired) electrons. The highest BCUT2D eigenvalue weighted by atomic mass is 33.1. The number of carbonyl (C=O) groups excluding carboxylic acids is 2. The molecule has 0 bridgehead atoms. The molecule has 0 aromatic rings. The van der Waals surface area contributed by atoms with E-state index in [4.69, 9.17) is 5.11 Å². The highest BCUT2D eigenvalue weighted by Crippen LogP contribution is 2.32. The quantitative estimate of drug-likeness (QED) is 0.638. The molecule has 0 aromatic carbocycles. The first-order valence-corrected chi connectivity index (χ1v) is 7.86. The summed E-state index contributed by atoms with van der Waals surface area (Å²) in [6.45, 7) is 3.19. The Morgan fingerprint density at radius 3 is 2.78 bits per heavy atom. The zero-order valence-corrected chi connectivity index (χ0v) is 11.8. The molecule has 1 aliphatic rings. The Bertz CT molecular complexity index is 360. The molecule has 1 aliphatic heterocycles. The molecule has 1 saturated heterocycles. The monoisotopic (exact) mass is 292 g/mol. The molecule has 1 atom stereocenters. The molecule has 1 unspecified atom stereocenters. The standard InChI is InChI=1S/C10H16N2O4S2/c1-10(2)5-18-17-4-6(12-9(10)16)8(15)11-3-7(13)14/h6H,3-5H2,1-2H3,(H,11,15)(H,12,16)(H,13,14). The van der Waals surface area contributed by atoms with Crippen LogP contribution in [0.15, 0.2) is 0 Å². The minimum atomic E-state index is -1.11. The zero-order valence-electron chi connectivity index (χ0n) is 10.2. The summed E-state index contributed by atoms with van der Waals surface area (Å²) in [4.78, 5) is 34.0. The molecule has 0 aliphatic carbocycles. The average Bonchev–Trinajstić information content (AvgIpc) is 2.27. The summed E-state index contributed by atoms with van der Waals surface area (Å²) < 4.78 is 0. The van der Waals surface area contributed by atoms with Crippen molar-refractivity contribution in [2.75, 3.05) is 18.1 Å². The van der Waals surface area contributed by atoms with Crippen molar-refractivity contribution in [3.63, 3.8) is 0 Å². The molecule has 8 heteroatoms. The molecule has 3 N–H and O–H groups in total. The Morgan fingerprint density at radius 1 is 1.50 bits per heavy atom. The number of amides is 2. The van der Waals surface area contributed by atoms with Crippen LogP contribution in [-0.4, -0.2) is 47.0 Å². The Kier molecular flexibility index (Phi) is 5.33. The summed E-state index contributed by atoms with van der Waals surface area (Å²) in [5, 5.41) is 13.4. The number of carboxylic acids is 1. The molecule has 0 spiro atoms. The van der Waals surface area contributed by atoms with E-state index in [1.165, 1.54) is 10.8 Å². The number of hydrogen-bond acceptors (Lipinski definition) is 5. The summed E-state index contributed by atoms with van der Waals surface area (Å²) in [5.74, 6) is -0.657. The van der Waals surface area contributed by atoms with E-state index in [1.54, 1.807) is 10.8 Å². The molecular formula is C10H16N2O4S2. The van der Waals surface area contributed by atoms with Crippen LogP contribution in [0.4, 0.5) is 0 Å². The fraction of sp³-hybridized carbons (Fsp3) is 0.700. The number of carbonyl (C=O) groups is 3. The fourth-order valence-electron chi connectivity index (χ4n) is 1.19. The van der Waals surface area contributed by atoms with Crippen molar-refractivity contribution in [3.8, 4) is 0 Å². The third-order valence-corrected chi connectivity index (χ3v) is 5.13. The van der Waals surface area contributed by atoms with Gasteiger partial charge in [-0.05, 0) is 0 Å². The second kappa shape index (κ2) is 6.33. The Hall–Kier alpha value is -0.890. The molecule has 18 heavy (non-hydrogen) atoms. The van der Waals surface area contributed by atoms with Crippen molar-refractivity contribution >= 4 is 39.4 Å². The van der Waals surface area contributed by atoms with E-state index < -0.39 is 29.9 Å². The van der Waals surface area contributed by atoms with Gasteiger partial charge in [0.1, 0.15) is 12.6 Å².